The first-order chi connectivity index (χ1) is 10.0. The summed E-state index contributed by atoms with van der Waals surface area (Å²) in [6.07, 6.45) is 1.28. The number of nitro groups is 1. The topological polar surface area (TPSA) is 75.8 Å². The fraction of sp³-hybridized carbons (Fsp3) is 0.600. The molecule has 1 aromatic rings. The number of methoxy groups -OCH3 is 1. The molecule has 1 N–H and O–H groups in total. The SMILES string of the molecule is CCCN(CCC)CC(O)c1ccc(OC)c([N+](=O)[O-])c1. The molecule has 0 saturated carbocycles. The van der Waals surface area contributed by atoms with Crippen molar-refractivity contribution in [1.29, 1.82) is 0 Å². The molecule has 0 aliphatic heterocycles. The van der Waals surface area contributed by atoms with Crippen LogP contribution in [0.25, 0.3) is 0 Å². The van der Waals surface area contributed by atoms with Gasteiger partial charge in [0.15, 0.2) is 5.75 Å². The smallest absolute Gasteiger partial charge is 0.311 e. The van der Waals surface area contributed by atoms with Crippen molar-refractivity contribution in [3.05, 3.63) is 33.9 Å². The number of nitrogens with zero attached hydrogens (tertiary/aromatic N) is 2. The van der Waals surface area contributed by atoms with E-state index in [9.17, 15) is 15.2 Å². The normalized spacial score (nSPS) is 12.4. The maximum atomic E-state index is 11.0. The Balaban J connectivity index is 2.88. The van der Waals surface area contributed by atoms with Gasteiger partial charge in [-0.05, 0) is 37.6 Å². The minimum absolute atomic E-state index is 0.119. The number of hydrogen-bond acceptors (Lipinski definition) is 5. The van der Waals surface area contributed by atoms with Gasteiger partial charge in [-0.15, -0.1) is 0 Å². The molecule has 0 aliphatic carbocycles. The molecule has 0 fully saturated rings. The maximum Gasteiger partial charge on any atom is 0.311 e. The summed E-state index contributed by atoms with van der Waals surface area (Å²) < 4.78 is 4.97. The fourth-order valence-electron chi connectivity index (χ4n) is 2.33. The van der Waals surface area contributed by atoms with Gasteiger partial charge in [0.2, 0.25) is 0 Å². The summed E-state index contributed by atoms with van der Waals surface area (Å²) in [6.45, 7) is 6.47. The summed E-state index contributed by atoms with van der Waals surface area (Å²) in [5.41, 5.74) is 0.422. The average Bonchev–Trinajstić information content (AvgIpc) is 2.46. The number of ether oxygens (including phenoxy) is 1. The molecule has 6 heteroatoms. The van der Waals surface area contributed by atoms with Crippen LogP contribution in [0, 0.1) is 10.1 Å². The van der Waals surface area contributed by atoms with Gasteiger partial charge in [0.05, 0.1) is 18.1 Å². The van der Waals surface area contributed by atoms with Gasteiger partial charge in [0, 0.05) is 12.6 Å². The summed E-state index contributed by atoms with van der Waals surface area (Å²) in [4.78, 5) is 12.7. The Hall–Kier alpha value is -1.66. The highest BCUT2D eigenvalue weighted by Crippen LogP contribution is 2.30. The maximum absolute atomic E-state index is 11.0. The first-order valence-corrected chi connectivity index (χ1v) is 7.26. The van der Waals surface area contributed by atoms with Crippen LogP contribution in [0.1, 0.15) is 38.4 Å². The van der Waals surface area contributed by atoms with Crippen molar-refractivity contribution < 1.29 is 14.8 Å². The van der Waals surface area contributed by atoms with Crippen molar-refractivity contribution in [2.24, 2.45) is 0 Å². The molecular weight excluding hydrogens is 272 g/mol. The third-order valence-electron chi connectivity index (χ3n) is 3.30. The highest BCUT2D eigenvalue weighted by molar-refractivity contribution is 5.49. The Kier molecular flexibility index (Phi) is 7.11. The van der Waals surface area contributed by atoms with E-state index in [1.165, 1.54) is 19.2 Å². The van der Waals surface area contributed by atoms with E-state index in [2.05, 4.69) is 18.7 Å². The number of rotatable bonds is 9. The van der Waals surface area contributed by atoms with E-state index in [1.807, 2.05) is 0 Å². The number of aliphatic hydroxyl groups is 1. The number of nitro benzene ring substituents is 1. The van der Waals surface area contributed by atoms with Crippen LogP contribution in [0.5, 0.6) is 5.75 Å². The summed E-state index contributed by atoms with van der Waals surface area (Å²) in [7, 11) is 1.39. The zero-order chi connectivity index (χ0) is 15.8. The summed E-state index contributed by atoms with van der Waals surface area (Å²) in [5, 5.41) is 21.3. The minimum Gasteiger partial charge on any atom is -0.490 e. The molecule has 6 nitrogen and oxygen atoms in total. The van der Waals surface area contributed by atoms with Crippen LogP contribution in [0.15, 0.2) is 18.2 Å². The Bertz CT molecular complexity index is 459. The number of aliphatic hydroxyl groups excluding tert-OH is 1. The van der Waals surface area contributed by atoms with Crippen LogP contribution in [-0.2, 0) is 0 Å². The van der Waals surface area contributed by atoms with Gasteiger partial charge >= 0.3 is 5.69 Å². The second kappa shape index (κ2) is 8.59. The lowest BCUT2D eigenvalue weighted by Crippen LogP contribution is -2.30. The highest BCUT2D eigenvalue weighted by atomic mass is 16.6. The molecule has 0 radical (unpaired) electrons. The second-order valence-electron chi connectivity index (χ2n) is 5.00. The summed E-state index contributed by atoms with van der Waals surface area (Å²) in [6, 6.07) is 4.59. The lowest BCUT2D eigenvalue weighted by molar-refractivity contribution is -0.385. The molecule has 0 saturated heterocycles. The van der Waals surface area contributed by atoms with Gasteiger partial charge in [0.1, 0.15) is 0 Å². The molecule has 0 aliphatic rings. The molecular formula is C15H24N2O4. The van der Waals surface area contributed by atoms with E-state index in [-0.39, 0.29) is 11.4 Å². The van der Waals surface area contributed by atoms with Crippen LogP contribution in [0.2, 0.25) is 0 Å². The van der Waals surface area contributed by atoms with Crippen molar-refractivity contribution in [2.75, 3.05) is 26.7 Å². The molecule has 0 amide bonds. The molecule has 118 valence electrons. The summed E-state index contributed by atoms with van der Waals surface area (Å²) in [5.74, 6) is 0.204. The Labute approximate surface area is 125 Å². The third kappa shape index (κ3) is 4.99. The van der Waals surface area contributed by atoms with Crippen molar-refractivity contribution in [3.63, 3.8) is 0 Å². The van der Waals surface area contributed by atoms with Gasteiger partial charge in [-0.25, -0.2) is 0 Å². The van der Waals surface area contributed by atoms with Crippen LogP contribution in [-0.4, -0.2) is 41.7 Å². The van der Waals surface area contributed by atoms with Crippen LogP contribution >= 0.6 is 0 Å². The van der Waals surface area contributed by atoms with E-state index in [4.69, 9.17) is 4.74 Å². The zero-order valence-electron chi connectivity index (χ0n) is 12.9. The minimum atomic E-state index is -0.743. The van der Waals surface area contributed by atoms with E-state index in [0.29, 0.717) is 12.1 Å². The van der Waals surface area contributed by atoms with Crippen molar-refractivity contribution >= 4 is 5.69 Å². The molecule has 1 unspecified atom stereocenters. The lowest BCUT2D eigenvalue weighted by atomic mass is 10.1. The molecule has 0 aromatic heterocycles. The lowest BCUT2D eigenvalue weighted by Gasteiger charge is -2.24. The second-order valence-corrected chi connectivity index (χ2v) is 5.00. The summed E-state index contributed by atoms with van der Waals surface area (Å²) >= 11 is 0. The van der Waals surface area contributed by atoms with Crippen LogP contribution in [0.3, 0.4) is 0 Å². The molecule has 1 rings (SSSR count). The van der Waals surface area contributed by atoms with Crippen molar-refractivity contribution in [2.45, 2.75) is 32.8 Å². The predicted molar refractivity (Wildman–Crippen MR) is 81.6 cm³/mol. The van der Waals surface area contributed by atoms with Gasteiger partial charge in [-0.2, -0.15) is 0 Å². The van der Waals surface area contributed by atoms with E-state index >= 15 is 0 Å². The number of benzene rings is 1. The highest BCUT2D eigenvalue weighted by Gasteiger charge is 2.19. The van der Waals surface area contributed by atoms with Crippen molar-refractivity contribution in [3.8, 4) is 5.75 Å². The largest absolute Gasteiger partial charge is 0.490 e. The molecule has 1 atom stereocenters. The number of hydrogen-bond donors (Lipinski definition) is 1. The first-order valence-electron chi connectivity index (χ1n) is 7.26. The van der Waals surface area contributed by atoms with E-state index in [0.717, 1.165) is 25.9 Å². The molecule has 0 heterocycles. The zero-order valence-corrected chi connectivity index (χ0v) is 12.9. The van der Waals surface area contributed by atoms with Gasteiger partial charge in [-0.3, -0.25) is 10.1 Å². The average molecular weight is 296 g/mol. The molecule has 0 spiro atoms. The quantitative estimate of drug-likeness (QED) is 0.560. The third-order valence-corrected chi connectivity index (χ3v) is 3.30. The van der Waals surface area contributed by atoms with Crippen LogP contribution < -0.4 is 4.74 Å². The molecule has 21 heavy (non-hydrogen) atoms. The monoisotopic (exact) mass is 296 g/mol. The van der Waals surface area contributed by atoms with Crippen LogP contribution in [0.4, 0.5) is 5.69 Å². The first kappa shape index (κ1) is 17.4. The van der Waals surface area contributed by atoms with Crippen molar-refractivity contribution in [1.82, 2.24) is 4.90 Å². The molecule has 1 aromatic carbocycles. The van der Waals surface area contributed by atoms with Gasteiger partial charge in [0.25, 0.3) is 0 Å². The fourth-order valence-corrected chi connectivity index (χ4v) is 2.33. The van der Waals surface area contributed by atoms with E-state index < -0.39 is 11.0 Å². The van der Waals surface area contributed by atoms with E-state index in [1.54, 1.807) is 6.07 Å². The Morgan fingerprint density at radius 2 is 1.95 bits per heavy atom. The van der Waals surface area contributed by atoms with Gasteiger partial charge in [-0.1, -0.05) is 19.9 Å². The molecule has 0 bridgehead atoms. The predicted octanol–water partition coefficient (Wildman–Crippen LogP) is 2.76. The standard InChI is InChI=1S/C15H24N2O4/c1-4-8-16(9-5-2)11-14(18)12-6-7-15(21-3)13(10-12)17(19)20/h6-7,10,14,18H,4-5,8-9,11H2,1-3H3. The Morgan fingerprint density at radius 1 is 1.33 bits per heavy atom. The Morgan fingerprint density at radius 3 is 2.43 bits per heavy atom. The van der Waals surface area contributed by atoms with Gasteiger partial charge < -0.3 is 14.7 Å².